The van der Waals surface area contributed by atoms with Crippen molar-refractivity contribution >= 4 is 0 Å². The van der Waals surface area contributed by atoms with Gasteiger partial charge < -0.3 is 9.47 Å². The Morgan fingerprint density at radius 1 is 1.30 bits per heavy atom. The first kappa shape index (κ1) is 13.3. The van der Waals surface area contributed by atoms with Gasteiger partial charge in [0.25, 0.3) is 0 Å². The zero-order chi connectivity index (χ0) is 13.9. The molecule has 3 rings (SSSR count). The van der Waals surface area contributed by atoms with E-state index >= 15 is 0 Å². The Morgan fingerprint density at radius 3 is 2.80 bits per heavy atom. The highest BCUT2D eigenvalue weighted by Gasteiger charge is 2.42. The van der Waals surface area contributed by atoms with Crippen LogP contribution in [0.5, 0.6) is 11.5 Å². The normalized spacial score (nSPS) is 24.6. The van der Waals surface area contributed by atoms with Crippen molar-refractivity contribution in [3.05, 3.63) is 23.8 Å². The number of nitriles is 1. The predicted octanol–water partition coefficient (Wildman–Crippen LogP) is 2.57. The van der Waals surface area contributed by atoms with Crippen LogP contribution in [0.2, 0.25) is 0 Å². The van der Waals surface area contributed by atoms with E-state index in [-0.39, 0.29) is 0 Å². The molecule has 0 bridgehead atoms. The summed E-state index contributed by atoms with van der Waals surface area (Å²) in [5, 5.41) is 8.93. The van der Waals surface area contributed by atoms with Crippen molar-refractivity contribution in [1.82, 2.24) is 4.90 Å². The molecule has 1 saturated heterocycles. The molecular weight excluding hydrogens is 252 g/mol. The lowest BCUT2D eigenvalue weighted by Gasteiger charge is -2.27. The van der Waals surface area contributed by atoms with E-state index in [1.807, 2.05) is 13.0 Å². The largest absolute Gasteiger partial charge is 0.490 e. The van der Waals surface area contributed by atoms with Crippen LogP contribution < -0.4 is 9.47 Å². The summed E-state index contributed by atoms with van der Waals surface area (Å²) in [6.07, 6.45) is 4.06. The highest BCUT2D eigenvalue weighted by Crippen LogP contribution is 2.35. The summed E-state index contributed by atoms with van der Waals surface area (Å²) in [6, 6.07) is 8.84. The summed E-state index contributed by atoms with van der Waals surface area (Å²) in [4.78, 5) is 2.52. The smallest absolute Gasteiger partial charge is 0.162 e. The summed E-state index contributed by atoms with van der Waals surface area (Å²) >= 11 is 0. The van der Waals surface area contributed by atoms with Gasteiger partial charge in [-0.25, -0.2) is 0 Å². The van der Waals surface area contributed by atoms with Crippen molar-refractivity contribution in [3.8, 4) is 17.6 Å². The quantitative estimate of drug-likeness (QED) is 0.747. The van der Waals surface area contributed by atoms with Gasteiger partial charge in [-0.3, -0.25) is 4.90 Å². The molecule has 1 aromatic rings. The lowest BCUT2D eigenvalue weighted by Crippen LogP contribution is -2.29. The maximum atomic E-state index is 8.93. The van der Waals surface area contributed by atoms with Crippen molar-refractivity contribution in [2.45, 2.75) is 38.3 Å². The van der Waals surface area contributed by atoms with Crippen molar-refractivity contribution in [1.29, 1.82) is 5.26 Å². The van der Waals surface area contributed by atoms with Crippen LogP contribution in [0, 0.1) is 11.3 Å². The van der Waals surface area contributed by atoms with Gasteiger partial charge in [-0.1, -0.05) is 6.42 Å². The average Bonchev–Trinajstić information content (AvgIpc) is 3.14. The third-order valence-corrected chi connectivity index (χ3v) is 4.10. The van der Waals surface area contributed by atoms with E-state index in [0.29, 0.717) is 30.6 Å². The molecule has 2 aliphatic rings. The fourth-order valence-corrected chi connectivity index (χ4v) is 2.66. The van der Waals surface area contributed by atoms with Crippen molar-refractivity contribution in [2.75, 3.05) is 19.8 Å². The summed E-state index contributed by atoms with van der Waals surface area (Å²) < 4.78 is 11.4. The number of hydrogen-bond acceptors (Lipinski definition) is 4. The van der Waals surface area contributed by atoms with Gasteiger partial charge in [0.1, 0.15) is 6.61 Å². The van der Waals surface area contributed by atoms with Crippen molar-refractivity contribution in [2.24, 2.45) is 0 Å². The molecule has 0 radical (unpaired) electrons. The van der Waals surface area contributed by atoms with Gasteiger partial charge in [-0.05, 0) is 31.9 Å². The molecule has 0 amide bonds. The van der Waals surface area contributed by atoms with E-state index in [1.54, 1.807) is 12.1 Å². The predicted molar refractivity (Wildman–Crippen MR) is 76.0 cm³/mol. The van der Waals surface area contributed by atoms with Gasteiger partial charge >= 0.3 is 0 Å². The van der Waals surface area contributed by atoms with Gasteiger partial charge in [0.2, 0.25) is 0 Å². The molecule has 4 nitrogen and oxygen atoms in total. The molecule has 0 spiro atoms. The third-order valence-electron chi connectivity index (χ3n) is 4.10. The lowest BCUT2D eigenvalue weighted by molar-refractivity contribution is 0.211. The maximum Gasteiger partial charge on any atom is 0.162 e. The van der Waals surface area contributed by atoms with E-state index < -0.39 is 0 Å². The van der Waals surface area contributed by atoms with E-state index in [0.717, 1.165) is 18.3 Å². The molecule has 1 aromatic carbocycles. The van der Waals surface area contributed by atoms with E-state index in [4.69, 9.17) is 14.7 Å². The highest BCUT2D eigenvalue weighted by atomic mass is 16.5. The first-order chi connectivity index (χ1) is 9.81. The molecule has 106 valence electrons. The van der Waals surface area contributed by atoms with Crippen LogP contribution >= 0.6 is 0 Å². The first-order valence-electron chi connectivity index (χ1n) is 7.37. The SMILES string of the molecule is CCOc1cc(C#N)ccc1OCC1CN1C1CCC1. The van der Waals surface area contributed by atoms with E-state index in [9.17, 15) is 0 Å². The zero-order valence-corrected chi connectivity index (χ0v) is 11.8. The van der Waals surface area contributed by atoms with Gasteiger partial charge in [0.05, 0.1) is 24.3 Å². The van der Waals surface area contributed by atoms with Crippen LogP contribution in [0.1, 0.15) is 31.7 Å². The van der Waals surface area contributed by atoms with Crippen LogP contribution in [0.25, 0.3) is 0 Å². The second kappa shape index (κ2) is 5.72. The lowest BCUT2D eigenvalue weighted by atomic mass is 9.93. The average molecular weight is 272 g/mol. The van der Waals surface area contributed by atoms with E-state index in [2.05, 4.69) is 11.0 Å². The van der Waals surface area contributed by atoms with Gasteiger partial charge in [0, 0.05) is 18.7 Å². The Kier molecular flexibility index (Phi) is 3.79. The topological polar surface area (TPSA) is 45.3 Å². The Hall–Kier alpha value is -1.73. The summed E-state index contributed by atoms with van der Waals surface area (Å²) in [5.41, 5.74) is 0.600. The maximum absolute atomic E-state index is 8.93. The molecule has 20 heavy (non-hydrogen) atoms. The number of rotatable bonds is 6. The number of ether oxygens (including phenoxy) is 2. The van der Waals surface area contributed by atoms with Crippen molar-refractivity contribution in [3.63, 3.8) is 0 Å². The number of benzene rings is 1. The Balaban J connectivity index is 1.58. The zero-order valence-electron chi connectivity index (χ0n) is 11.8. The molecule has 2 unspecified atom stereocenters. The fourth-order valence-electron chi connectivity index (χ4n) is 2.66. The summed E-state index contributed by atoms with van der Waals surface area (Å²) in [6.45, 7) is 4.37. The molecule has 2 atom stereocenters. The molecule has 1 aliphatic heterocycles. The monoisotopic (exact) mass is 272 g/mol. The second-order valence-corrected chi connectivity index (χ2v) is 5.45. The van der Waals surface area contributed by atoms with Crippen LogP contribution in [-0.4, -0.2) is 36.7 Å². The minimum absolute atomic E-state index is 0.561. The Labute approximate surface area is 119 Å². The van der Waals surface area contributed by atoms with Crippen LogP contribution in [0.15, 0.2) is 18.2 Å². The van der Waals surface area contributed by atoms with Crippen LogP contribution in [0.3, 0.4) is 0 Å². The van der Waals surface area contributed by atoms with Gasteiger partial charge in [-0.2, -0.15) is 5.26 Å². The number of nitrogens with zero attached hydrogens (tertiary/aromatic N) is 2. The highest BCUT2D eigenvalue weighted by molar-refractivity contribution is 5.46. The molecule has 1 aliphatic carbocycles. The molecule has 0 aromatic heterocycles. The van der Waals surface area contributed by atoms with Crippen LogP contribution in [0.4, 0.5) is 0 Å². The molecular formula is C16H20N2O2. The van der Waals surface area contributed by atoms with Gasteiger partial charge in [-0.15, -0.1) is 0 Å². The minimum Gasteiger partial charge on any atom is -0.490 e. The standard InChI is InChI=1S/C16H20N2O2/c1-2-19-16-8-12(9-17)6-7-15(16)20-11-14-10-18(14)13-4-3-5-13/h6-8,13-14H,2-5,10-11H2,1H3. The summed E-state index contributed by atoms with van der Waals surface area (Å²) in [5.74, 6) is 1.41. The minimum atomic E-state index is 0.561. The van der Waals surface area contributed by atoms with Crippen LogP contribution in [-0.2, 0) is 0 Å². The Bertz CT molecular complexity index is 520. The van der Waals surface area contributed by atoms with Crippen molar-refractivity contribution < 1.29 is 9.47 Å². The molecule has 1 saturated carbocycles. The Morgan fingerprint density at radius 2 is 2.15 bits per heavy atom. The first-order valence-corrected chi connectivity index (χ1v) is 7.37. The molecule has 4 heteroatoms. The molecule has 1 heterocycles. The molecule has 0 N–H and O–H groups in total. The molecule has 2 fully saturated rings. The fraction of sp³-hybridized carbons (Fsp3) is 0.562. The summed E-state index contributed by atoms with van der Waals surface area (Å²) in [7, 11) is 0. The van der Waals surface area contributed by atoms with E-state index in [1.165, 1.54) is 19.3 Å². The second-order valence-electron chi connectivity index (χ2n) is 5.45. The third kappa shape index (κ3) is 2.73. The number of hydrogen-bond donors (Lipinski definition) is 0. The van der Waals surface area contributed by atoms with Gasteiger partial charge in [0.15, 0.2) is 11.5 Å².